The van der Waals surface area contributed by atoms with Crippen LogP contribution >= 0.6 is 0 Å². The lowest BCUT2D eigenvalue weighted by Gasteiger charge is -2.36. The molecule has 8 nitrogen and oxygen atoms in total. The largest absolute Gasteiger partial charge is 0.417 e. The molecule has 5 rings (SSSR count). The number of nitrogens with zero attached hydrogens (tertiary/aromatic N) is 6. The van der Waals surface area contributed by atoms with Crippen LogP contribution in [0.2, 0.25) is 0 Å². The van der Waals surface area contributed by atoms with Crippen molar-refractivity contribution in [3.8, 4) is 0 Å². The van der Waals surface area contributed by atoms with Gasteiger partial charge in [-0.2, -0.15) is 18.3 Å². The molecular formula is C24H29F3N6O2. The highest BCUT2D eigenvalue weighted by Gasteiger charge is 2.42. The molecule has 1 saturated carbocycles. The van der Waals surface area contributed by atoms with E-state index in [0.717, 1.165) is 23.5 Å². The van der Waals surface area contributed by atoms with Crippen molar-refractivity contribution in [2.24, 2.45) is 11.8 Å². The van der Waals surface area contributed by atoms with Crippen LogP contribution in [0.25, 0.3) is 5.65 Å². The monoisotopic (exact) mass is 490 g/mol. The summed E-state index contributed by atoms with van der Waals surface area (Å²) < 4.78 is 46.5. The van der Waals surface area contributed by atoms with Crippen molar-refractivity contribution in [2.75, 3.05) is 13.1 Å². The van der Waals surface area contributed by atoms with Crippen LogP contribution in [-0.4, -0.2) is 54.9 Å². The van der Waals surface area contributed by atoms with Crippen molar-refractivity contribution in [3.63, 3.8) is 0 Å². The van der Waals surface area contributed by atoms with Crippen LogP contribution in [0.15, 0.2) is 16.5 Å². The van der Waals surface area contributed by atoms with E-state index in [9.17, 15) is 18.0 Å². The highest BCUT2D eigenvalue weighted by atomic mass is 19.4. The van der Waals surface area contributed by atoms with Gasteiger partial charge >= 0.3 is 18.0 Å². The van der Waals surface area contributed by atoms with Crippen LogP contribution < -0.4 is 0 Å². The van der Waals surface area contributed by atoms with E-state index in [1.807, 2.05) is 23.6 Å². The second kappa shape index (κ2) is 8.91. The first-order valence-corrected chi connectivity index (χ1v) is 12.1. The maximum atomic E-state index is 13.1. The Morgan fingerprint density at radius 3 is 2.49 bits per heavy atom. The van der Waals surface area contributed by atoms with Gasteiger partial charge < -0.3 is 9.32 Å². The molecule has 2 fully saturated rings. The van der Waals surface area contributed by atoms with E-state index >= 15 is 0 Å². The average molecular weight is 491 g/mol. The SMILES string of the molecule is Cc1cc([C@H]2CN(C(=O)c3nnc(C)o3)CC[C@@H]2C)n2nc(C3CCC(C(F)(F)F)CC3)cc2n1. The van der Waals surface area contributed by atoms with E-state index in [1.165, 1.54) is 0 Å². The molecule has 11 heteroatoms. The predicted molar refractivity (Wildman–Crippen MR) is 120 cm³/mol. The van der Waals surface area contributed by atoms with Crippen LogP contribution in [0.1, 0.15) is 84.5 Å². The standard InChI is InChI=1S/C24H29F3N6O2/c1-13-8-9-32(23(34)22-30-29-15(3)35-22)12-18(13)20-10-14(2)28-21-11-19(31-33(20)21)16-4-6-17(7-5-16)24(25,26)27/h10-11,13,16-18H,4-9,12H2,1-3H3/t13-,16?,17?,18-/m0/s1. The van der Waals surface area contributed by atoms with E-state index in [1.54, 1.807) is 11.8 Å². The third kappa shape index (κ3) is 4.64. The second-order valence-corrected chi connectivity index (χ2v) is 10.0. The summed E-state index contributed by atoms with van der Waals surface area (Å²) in [4.78, 5) is 19.3. The lowest BCUT2D eigenvalue weighted by Crippen LogP contribution is -2.42. The molecule has 188 valence electrons. The first-order valence-electron chi connectivity index (χ1n) is 12.1. The summed E-state index contributed by atoms with van der Waals surface area (Å²) in [5, 5.41) is 12.5. The average Bonchev–Trinajstić information content (AvgIpc) is 3.44. The molecule has 35 heavy (non-hydrogen) atoms. The van der Waals surface area contributed by atoms with Crippen molar-refractivity contribution < 1.29 is 22.4 Å². The summed E-state index contributed by atoms with van der Waals surface area (Å²) in [6, 6.07) is 3.91. The number of amides is 1. The maximum Gasteiger partial charge on any atom is 0.391 e. The smallest absolute Gasteiger partial charge is 0.391 e. The molecular weight excluding hydrogens is 461 g/mol. The highest BCUT2D eigenvalue weighted by molar-refractivity contribution is 5.89. The van der Waals surface area contributed by atoms with Gasteiger partial charge in [-0.3, -0.25) is 4.79 Å². The van der Waals surface area contributed by atoms with E-state index in [-0.39, 0.29) is 36.5 Å². The van der Waals surface area contributed by atoms with Gasteiger partial charge in [0, 0.05) is 43.6 Å². The molecule has 1 saturated heterocycles. The number of carbonyl (C=O) groups excluding carboxylic acids is 1. The summed E-state index contributed by atoms with van der Waals surface area (Å²) in [5.41, 5.74) is 3.27. The Hall–Kier alpha value is -2.98. The lowest BCUT2D eigenvalue weighted by atomic mass is 9.80. The number of carbonyl (C=O) groups is 1. The van der Waals surface area contributed by atoms with Crippen molar-refractivity contribution in [1.29, 1.82) is 0 Å². The molecule has 1 amide bonds. The number of likely N-dealkylation sites (tertiary alicyclic amines) is 1. The fourth-order valence-electron chi connectivity index (χ4n) is 5.48. The molecule has 0 spiro atoms. The van der Waals surface area contributed by atoms with E-state index < -0.39 is 12.1 Å². The summed E-state index contributed by atoms with van der Waals surface area (Å²) in [5.74, 6) is -0.880. The summed E-state index contributed by atoms with van der Waals surface area (Å²) in [6.07, 6.45) is -2.12. The molecule has 0 aromatic carbocycles. The Morgan fingerprint density at radius 1 is 1.09 bits per heavy atom. The zero-order valence-corrected chi connectivity index (χ0v) is 20.0. The topological polar surface area (TPSA) is 89.4 Å². The Balaban J connectivity index is 1.41. The molecule has 4 heterocycles. The maximum absolute atomic E-state index is 13.1. The Bertz CT molecular complexity index is 1230. The van der Waals surface area contributed by atoms with Crippen LogP contribution in [0.3, 0.4) is 0 Å². The lowest BCUT2D eigenvalue weighted by molar-refractivity contribution is -0.182. The van der Waals surface area contributed by atoms with Crippen LogP contribution in [-0.2, 0) is 0 Å². The van der Waals surface area contributed by atoms with Gasteiger partial charge in [-0.15, -0.1) is 10.2 Å². The number of piperidine rings is 1. The number of fused-ring (bicyclic) bond motifs is 1. The Kier molecular flexibility index (Phi) is 6.04. The fourth-order valence-corrected chi connectivity index (χ4v) is 5.48. The van der Waals surface area contributed by atoms with Crippen molar-refractivity contribution in [1.82, 2.24) is 29.7 Å². The number of hydrogen-bond acceptors (Lipinski definition) is 6. The van der Waals surface area contributed by atoms with Crippen LogP contribution in [0.5, 0.6) is 0 Å². The number of alkyl halides is 3. The molecule has 0 radical (unpaired) electrons. The zero-order valence-electron chi connectivity index (χ0n) is 20.0. The Labute approximate surface area is 200 Å². The number of rotatable bonds is 3. The van der Waals surface area contributed by atoms with Crippen molar-refractivity contribution in [3.05, 3.63) is 41.0 Å². The van der Waals surface area contributed by atoms with Gasteiger partial charge in [0.25, 0.3) is 0 Å². The molecule has 1 aliphatic heterocycles. The molecule has 0 N–H and O–H groups in total. The predicted octanol–water partition coefficient (Wildman–Crippen LogP) is 4.83. The van der Waals surface area contributed by atoms with Crippen molar-refractivity contribution in [2.45, 2.75) is 70.9 Å². The molecule has 0 bridgehead atoms. The summed E-state index contributed by atoms with van der Waals surface area (Å²) >= 11 is 0. The van der Waals surface area contributed by atoms with Crippen LogP contribution in [0.4, 0.5) is 13.2 Å². The Morgan fingerprint density at radius 2 is 1.83 bits per heavy atom. The van der Waals surface area contributed by atoms with Gasteiger partial charge in [0.1, 0.15) is 0 Å². The third-order valence-electron chi connectivity index (χ3n) is 7.54. The van der Waals surface area contributed by atoms with E-state index in [4.69, 9.17) is 9.52 Å². The first-order chi connectivity index (χ1) is 16.6. The molecule has 2 atom stereocenters. The van der Waals surface area contributed by atoms with Gasteiger partial charge in [0.2, 0.25) is 5.89 Å². The third-order valence-corrected chi connectivity index (χ3v) is 7.54. The number of halogens is 3. The minimum absolute atomic E-state index is 0.00826. The highest BCUT2D eigenvalue weighted by Crippen LogP contribution is 2.43. The molecule has 3 aromatic rings. The molecule has 1 aliphatic carbocycles. The number of hydrogen-bond donors (Lipinski definition) is 0. The van der Waals surface area contributed by atoms with Gasteiger partial charge in [0.15, 0.2) is 5.65 Å². The van der Waals surface area contributed by atoms with E-state index in [2.05, 4.69) is 22.1 Å². The molecule has 3 aromatic heterocycles. The zero-order chi connectivity index (χ0) is 24.9. The number of aromatic nitrogens is 5. The number of aryl methyl sites for hydroxylation is 2. The van der Waals surface area contributed by atoms with Gasteiger partial charge in [-0.05, 0) is 51.0 Å². The van der Waals surface area contributed by atoms with Gasteiger partial charge in [-0.1, -0.05) is 6.92 Å². The first kappa shape index (κ1) is 23.7. The summed E-state index contributed by atoms with van der Waals surface area (Å²) in [7, 11) is 0. The normalized spacial score (nSPS) is 25.8. The molecule has 0 unspecified atom stereocenters. The minimum atomic E-state index is -4.13. The molecule has 2 aliphatic rings. The van der Waals surface area contributed by atoms with E-state index in [0.29, 0.717) is 43.4 Å². The van der Waals surface area contributed by atoms with Gasteiger partial charge in [0.05, 0.1) is 17.3 Å². The quantitative estimate of drug-likeness (QED) is 0.522. The van der Waals surface area contributed by atoms with Gasteiger partial charge in [-0.25, -0.2) is 9.50 Å². The fraction of sp³-hybridized carbons (Fsp3) is 0.625. The summed E-state index contributed by atoms with van der Waals surface area (Å²) in [6.45, 7) is 6.80. The van der Waals surface area contributed by atoms with Crippen molar-refractivity contribution >= 4 is 11.6 Å². The van der Waals surface area contributed by atoms with Crippen LogP contribution in [0, 0.1) is 25.7 Å². The minimum Gasteiger partial charge on any atom is -0.417 e. The second-order valence-electron chi connectivity index (χ2n) is 10.0.